The summed E-state index contributed by atoms with van der Waals surface area (Å²) in [5.41, 5.74) is -0.637. The van der Waals surface area contributed by atoms with Crippen molar-refractivity contribution < 1.29 is 13.2 Å². The van der Waals surface area contributed by atoms with Gasteiger partial charge < -0.3 is 10.2 Å². The highest BCUT2D eigenvalue weighted by molar-refractivity contribution is 5.48. The number of nitrogens with one attached hydrogen (secondary N) is 1. The summed E-state index contributed by atoms with van der Waals surface area (Å²) in [5.74, 6) is 0.434. The maximum absolute atomic E-state index is 13.1. The summed E-state index contributed by atoms with van der Waals surface area (Å²) in [6.45, 7) is 6.24. The van der Waals surface area contributed by atoms with Gasteiger partial charge in [-0.1, -0.05) is 13.8 Å². The molecule has 0 aromatic carbocycles. The van der Waals surface area contributed by atoms with Gasteiger partial charge in [0.25, 0.3) is 0 Å². The third-order valence-corrected chi connectivity index (χ3v) is 3.73. The van der Waals surface area contributed by atoms with Crippen LogP contribution in [0.5, 0.6) is 0 Å². The van der Waals surface area contributed by atoms with E-state index in [2.05, 4.69) is 24.1 Å². The topological polar surface area (TPSA) is 28.2 Å². The minimum absolute atomic E-state index is 0.0687. The number of nitrogens with zero attached hydrogens (tertiary/aromatic N) is 2. The molecule has 118 valence electrons. The van der Waals surface area contributed by atoms with Crippen molar-refractivity contribution in [2.75, 3.05) is 24.5 Å². The number of anilines is 1. The first-order chi connectivity index (χ1) is 9.88. The van der Waals surface area contributed by atoms with Gasteiger partial charge in [-0.3, -0.25) is 0 Å². The van der Waals surface area contributed by atoms with E-state index in [0.29, 0.717) is 25.0 Å². The van der Waals surface area contributed by atoms with Crippen LogP contribution < -0.4 is 10.2 Å². The molecule has 2 rings (SSSR count). The van der Waals surface area contributed by atoms with E-state index in [1.165, 1.54) is 12.3 Å². The van der Waals surface area contributed by atoms with Gasteiger partial charge in [0.1, 0.15) is 5.82 Å². The Balaban J connectivity index is 2.11. The fourth-order valence-corrected chi connectivity index (χ4v) is 2.70. The first-order valence-electron chi connectivity index (χ1n) is 7.38. The molecular formula is C15H22F3N3. The van der Waals surface area contributed by atoms with Crippen LogP contribution in [0.4, 0.5) is 19.0 Å². The summed E-state index contributed by atoms with van der Waals surface area (Å²) >= 11 is 0. The van der Waals surface area contributed by atoms with E-state index in [9.17, 15) is 13.2 Å². The molecule has 1 aromatic heterocycles. The quantitative estimate of drug-likeness (QED) is 0.925. The number of hydrogen-bond acceptors (Lipinski definition) is 3. The molecule has 2 heterocycles. The molecule has 1 saturated heterocycles. The zero-order chi connectivity index (χ0) is 15.5. The first-order valence-corrected chi connectivity index (χ1v) is 7.38. The summed E-state index contributed by atoms with van der Waals surface area (Å²) in [6.07, 6.45) is -0.976. The van der Waals surface area contributed by atoms with Gasteiger partial charge in [-0.2, -0.15) is 13.2 Å². The van der Waals surface area contributed by atoms with Crippen LogP contribution >= 0.6 is 0 Å². The minimum Gasteiger partial charge on any atom is -0.356 e. The Morgan fingerprint density at radius 3 is 2.86 bits per heavy atom. The number of piperidine rings is 1. The van der Waals surface area contributed by atoms with Gasteiger partial charge in [0, 0.05) is 25.3 Å². The maximum Gasteiger partial charge on any atom is 0.419 e. The molecule has 1 unspecified atom stereocenters. The van der Waals surface area contributed by atoms with Crippen LogP contribution in [-0.4, -0.2) is 30.7 Å². The van der Waals surface area contributed by atoms with Crippen LogP contribution in [0.1, 0.15) is 32.3 Å². The van der Waals surface area contributed by atoms with Crippen molar-refractivity contribution in [1.82, 2.24) is 10.3 Å². The van der Waals surface area contributed by atoms with Gasteiger partial charge in [-0.05, 0) is 37.4 Å². The second-order valence-electron chi connectivity index (χ2n) is 5.89. The number of hydrogen-bond donors (Lipinski definition) is 1. The van der Waals surface area contributed by atoms with Crippen LogP contribution in [0.3, 0.4) is 0 Å². The van der Waals surface area contributed by atoms with E-state index in [-0.39, 0.29) is 5.82 Å². The highest BCUT2D eigenvalue weighted by atomic mass is 19.4. The second-order valence-corrected chi connectivity index (χ2v) is 5.89. The van der Waals surface area contributed by atoms with E-state index in [1.54, 1.807) is 4.90 Å². The molecule has 0 saturated carbocycles. The molecule has 21 heavy (non-hydrogen) atoms. The van der Waals surface area contributed by atoms with Crippen molar-refractivity contribution in [3.05, 3.63) is 23.9 Å². The second kappa shape index (κ2) is 6.64. The largest absolute Gasteiger partial charge is 0.419 e. The molecule has 1 aromatic rings. The predicted molar refractivity (Wildman–Crippen MR) is 77.3 cm³/mol. The van der Waals surface area contributed by atoms with Crippen molar-refractivity contribution in [3.8, 4) is 0 Å². The number of rotatable bonds is 4. The van der Waals surface area contributed by atoms with E-state index in [1.807, 2.05) is 0 Å². The average molecular weight is 301 g/mol. The molecule has 3 nitrogen and oxygen atoms in total. The van der Waals surface area contributed by atoms with Gasteiger partial charge >= 0.3 is 6.18 Å². The summed E-state index contributed by atoms with van der Waals surface area (Å²) < 4.78 is 39.2. The maximum atomic E-state index is 13.1. The molecule has 1 aliphatic heterocycles. The van der Waals surface area contributed by atoms with Gasteiger partial charge in [0.05, 0.1) is 5.56 Å². The highest BCUT2D eigenvalue weighted by Crippen LogP contribution is 2.36. The lowest BCUT2D eigenvalue weighted by molar-refractivity contribution is -0.137. The Morgan fingerprint density at radius 1 is 1.43 bits per heavy atom. The Hall–Kier alpha value is -1.30. The summed E-state index contributed by atoms with van der Waals surface area (Å²) in [5, 5.41) is 3.36. The number of pyridine rings is 1. The minimum atomic E-state index is -4.35. The number of aromatic nitrogens is 1. The van der Waals surface area contributed by atoms with Crippen molar-refractivity contribution in [2.45, 2.75) is 38.9 Å². The Morgan fingerprint density at radius 2 is 2.19 bits per heavy atom. The van der Waals surface area contributed by atoms with Crippen LogP contribution in [-0.2, 0) is 6.18 Å². The monoisotopic (exact) mass is 301 g/mol. The Bertz CT molecular complexity index is 460. The third kappa shape index (κ3) is 4.33. The van der Waals surface area contributed by atoms with Crippen LogP contribution in [0.2, 0.25) is 0 Å². The lowest BCUT2D eigenvalue weighted by Gasteiger charge is -2.35. The van der Waals surface area contributed by atoms with Gasteiger partial charge in [-0.25, -0.2) is 4.98 Å². The average Bonchev–Trinajstić information content (AvgIpc) is 2.44. The number of alkyl halides is 3. The predicted octanol–water partition coefficient (Wildman–Crippen LogP) is 3.31. The summed E-state index contributed by atoms with van der Waals surface area (Å²) in [4.78, 5) is 5.76. The standard InChI is InChI=1S/C15H22F3N3/c1-11(2)20-9-12-5-4-8-21(10-12)14-13(15(16,17)18)6-3-7-19-14/h3,6-7,11-12,20H,4-5,8-10H2,1-2H3. The molecule has 0 radical (unpaired) electrons. The van der Waals surface area contributed by atoms with Crippen molar-refractivity contribution in [3.63, 3.8) is 0 Å². The molecule has 0 bridgehead atoms. The third-order valence-electron chi connectivity index (χ3n) is 3.73. The molecule has 0 aliphatic carbocycles. The van der Waals surface area contributed by atoms with Crippen molar-refractivity contribution >= 4 is 5.82 Å². The normalized spacial score (nSPS) is 20.1. The summed E-state index contributed by atoms with van der Waals surface area (Å²) in [7, 11) is 0. The zero-order valence-electron chi connectivity index (χ0n) is 12.5. The lowest BCUT2D eigenvalue weighted by atomic mass is 9.97. The van der Waals surface area contributed by atoms with E-state index >= 15 is 0 Å². The molecule has 1 N–H and O–H groups in total. The van der Waals surface area contributed by atoms with E-state index < -0.39 is 11.7 Å². The fourth-order valence-electron chi connectivity index (χ4n) is 2.70. The molecule has 1 atom stereocenters. The Kier molecular flexibility index (Phi) is 5.08. The van der Waals surface area contributed by atoms with E-state index in [4.69, 9.17) is 0 Å². The van der Waals surface area contributed by atoms with Crippen LogP contribution in [0, 0.1) is 5.92 Å². The first kappa shape index (κ1) is 16.1. The molecule has 1 fully saturated rings. The van der Waals surface area contributed by atoms with Crippen molar-refractivity contribution in [1.29, 1.82) is 0 Å². The molecule has 0 spiro atoms. The number of halogens is 3. The lowest BCUT2D eigenvalue weighted by Crippen LogP contribution is -2.42. The molecule has 0 amide bonds. The SMILES string of the molecule is CC(C)NCC1CCCN(c2ncccc2C(F)(F)F)C1. The molecular weight excluding hydrogens is 279 g/mol. The zero-order valence-corrected chi connectivity index (χ0v) is 12.5. The molecule has 1 aliphatic rings. The molecule has 6 heteroatoms. The smallest absolute Gasteiger partial charge is 0.356 e. The van der Waals surface area contributed by atoms with Gasteiger partial charge in [0.15, 0.2) is 0 Å². The fraction of sp³-hybridized carbons (Fsp3) is 0.667. The van der Waals surface area contributed by atoms with E-state index in [0.717, 1.165) is 25.5 Å². The van der Waals surface area contributed by atoms with Crippen molar-refractivity contribution in [2.24, 2.45) is 5.92 Å². The Labute approximate surface area is 123 Å². The summed E-state index contributed by atoms with van der Waals surface area (Å²) in [6, 6.07) is 2.84. The van der Waals surface area contributed by atoms with Gasteiger partial charge in [-0.15, -0.1) is 0 Å². The highest BCUT2D eigenvalue weighted by Gasteiger charge is 2.36. The van der Waals surface area contributed by atoms with Crippen LogP contribution in [0.25, 0.3) is 0 Å². The van der Waals surface area contributed by atoms with Gasteiger partial charge in [0.2, 0.25) is 0 Å². The van der Waals surface area contributed by atoms with Crippen LogP contribution in [0.15, 0.2) is 18.3 Å².